The lowest BCUT2D eigenvalue weighted by Crippen LogP contribution is -2.46. The van der Waals surface area contributed by atoms with Gasteiger partial charge in [-0.2, -0.15) is 0 Å². The van der Waals surface area contributed by atoms with Crippen molar-refractivity contribution in [1.82, 2.24) is 10.6 Å². The van der Waals surface area contributed by atoms with Crippen molar-refractivity contribution in [1.29, 1.82) is 0 Å². The number of esters is 1. The van der Waals surface area contributed by atoms with Gasteiger partial charge in [0.05, 0.1) is 0 Å². The third-order valence-corrected chi connectivity index (χ3v) is 2.96. The van der Waals surface area contributed by atoms with E-state index in [1.54, 1.807) is 6.92 Å². The molecule has 0 aliphatic rings. The molecule has 0 saturated carbocycles. The van der Waals surface area contributed by atoms with Crippen LogP contribution in [0.4, 0.5) is 4.79 Å². The lowest BCUT2D eigenvalue weighted by molar-refractivity contribution is -0.164. The standard InChI is InChI=1S/C16H30N2O5/c1-10(2)7-8-22-13(6)15(20)23-12(5)14(19)18-16(21)17-9-11(3)4/h10-13H,7-9H2,1-6H3,(H2,17,18,19,21). The van der Waals surface area contributed by atoms with Gasteiger partial charge in [-0.3, -0.25) is 10.1 Å². The van der Waals surface area contributed by atoms with Crippen LogP contribution in [0.15, 0.2) is 0 Å². The molecule has 7 heteroatoms. The number of ether oxygens (including phenoxy) is 2. The van der Waals surface area contributed by atoms with Crippen LogP contribution in [0.5, 0.6) is 0 Å². The van der Waals surface area contributed by atoms with Crippen molar-refractivity contribution in [3.05, 3.63) is 0 Å². The lowest BCUT2D eigenvalue weighted by atomic mass is 10.1. The fraction of sp³-hybridized carbons (Fsp3) is 0.812. The summed E-state index contributed by atoms with van der Waals surface area (Å²) in [6, 6.07) is -0.604. The van der Waals surface area contributed by atoms with Crippen LogP contribution in [-0.2, 0) is 19.1 Å². The third kappa shape index (κ3) is 10.7. The molecule has 0 aliphatic carbocycles. The monoisotopic (exact) mass is 330 g/mol. The highest BCUT2D eigenvalue weighted by atomic mass is 16.6. The number of carbonyl (C=O) groups is 3. The van der Waals surface area contributed by atoms with Crippen molar-refractivity contribution < 1.29 is 23.9 Å². The number of hydrogen-bond acceptors (Lipinski definition) is 5. The molecule has 2 N–H and O–H groups in total. The molecule has 0 spiro atoms. The Labute approximate surface area is 138 Å². The van der Waals surface area contributed by atoms with Gasteiger partial charge in [0.15, 0.2) is 12.2 Å². The highest BCUT2D eigenvalue weighted by Crippen LogP contribution is 2.04. The first-order valence-electron chi connectivity index (χ1n) is 8.04. The SMILES string of the molecule is CC(C)CCOC(C)C(=O)OC(C)C(=O)NC(=O)NCC(C)C. The molecule has 0 aromatic rings. The number of hydrogen-bond donors (Lipinski definition) is 2. The minimum atomic E-state index is -1.07. The highest BCUT2D eigenvalue weighted by molar-refractivity contribution is 5.97. The average molecular weight is 330 g/mol. The molecule has 2 atom stereocenters. The molecule has 7 nitrogen and oxygen atoms in total. The van der Waals surface area contributed by atoms with Gasteiger partial charge in [0, 0.05) is 13.2 Å². The van der Waals surface area contributed by atoms with Crippen LogP contribution in [0.3, 0.4) is 0 Å². The Balaban J connectivity index is 4.14. The molecule has 0 bridgehead atoms. The van der Waals surface area contributed by atoms with Crippen LogP contribution in [0, 0.1) is 11.8 Å². The van der Waals surface area contributed by atoms with Gasteiger partial charge in [-0.05, 0) is 32.1 Å². The topological polar surface area (TPSA) is 93.7 Å². The number of nitrogens with one attached hydrogen (secondary N) is 2. The lowest BCUT2D eigenvalue weighted by Gasteiger charge is -2.17. The van der Waals surface area contributed by atoms with E-state index in [0.29, 0.717) is 19.1 Å². The van der Waals surface area contributed by atoms with Gasteiger partial charge >= 0.3 is 12.0 Å². The molecule has 23 heavy (non-hydrogen) atoms. The summed E-state index contributed by atoms with van der Waals surface area (Å²) in [4.78, 5) is 35.1. The maximum atomic E-state index is 11.8. The van der Waals surface area contributed by atoms with E-state index in [1.807, 2.05) is 13.8 Å². The van der Waals surface area contributed by atoms with Crippen molar-refractivity contribution in [3.63, 3.8) is 0 Å². The molecular formula is C16H30N2O5. The minimum Gasteiger partial charge on any atom is -0.451 e. The molecule has 2 unspecified atom stereocenters. The first-order valence-corrected chi connectivity index (χ1v) is 8.04. The smallest absolute Gasteiger partial charge is 0.335 e. The maximum Gasteiger partial charge on any atom is 0.335 e. The summed E-state index contributed by atoms with van der Waals surface area (Å²) in [5.41, 5.74) is 0. The van der Waals surface area contributed by atoms with Gasteiger partial charge in [0.25, 0.3) is 5.91 Å². The summed E-state index contributed by atoms with van der Waals surface area (Å²) >= 11 is 0. The van der Waals surface area contributed by atoms with Crippen molar-refractivity contribution in [3.8, 4) is 0 Å². The van der Waals surface area contributed by atoms with Crippen LogP contribution in [0.25, 0.3) is 0 Å². The molecule has 0 rings (SSSR count). The van der Waals surface area contributed by atoms with E-state index >= 15 is 0 Å². The zero-order valence-electron chi connectivity index (χ0n) is 15.0. The molecule has 0 aromatic carbocycles. The zero-order chi connectivity index (χ0) is 18.0. The normalized spacial score (nSPS) is 13.6. The Bertz CT molecular complexity index is 396. The van der Waals surface area contributed by atoms with E-state index in [1.165, 1.54) is 6.92 Å². The van der Waals surface area contributed by atoms with Gasteiger partial charge in [-0.15, -0.1) is 0 Å². The fourth-order valence-corrected chi connectivity index (χ4v) is 1.43. The van der Waals surface area contributed by atoms with Crippen LogP contribution in [-0.4, -0.2) is 43.3 Å². The van der Waals surface area contributed by atoms with Crippen LogP contribution in [0.2, 0.25) is 0 Å². The quantitative estimate of drug-likeness (QED) is 0.629. The van der Waals surface area contributed by atoms with Crippen LogP contribution in [0.1, 0.15) is 48.0 Å². The van der Waals surface area contributed by atoms with Crippen molar-refractivity contribution in [2.24, 2.45) is 11.8 Å². The number of amides is 3. The second-order valence-electron chi connectivity index (χ2n) is 6.37. The predicted octanol–water partition coefficient (Wildman–Crippen LogP) is 1.85. The number of imide groups is 1. The summed E-state index contributed by atoms with van der Waals surface area (Å²) in [5, 5.41) is 4.68. The van der Waals surface area contributed by atoms with E-state index in [0.717, 1.165) is 6.42 Å². The van der Waals surface area contributed by atoms with Gasteiger partial charge in [0.1, 0.15) is 0 Å². The van der Waals surface area contributed by atoms with Crippen LogP contribution >= 0.6 is 0 Å². The Morgan fingerprint density at radius 3 is 2.04 bits per heavy atom. The molecular weight excluding hydrogens is 300 g/mol. The molecule has 3 amide bonds. The van der Waals surface area contributed by atoms with E-state index < -0.39 is 30.1 Å². The van der Waals surface area contributed by atoms with Crippen molar-refractivity contribution in [2.45, 2.75) is 60.2 Å². The average Bonchev–Trinajstić information content (AvgIpc) is 2.44. The van der Waals surface area contributed by atoms with Gasteiger partial charge in [-0.1, -0.05) is 27.7 Å². The summed E-state index contributed by atoms with van der Waals surface area (Å²) in [7, 11) is 0. The summed E-state index contributed by atoms with van der Waals surface area (Å²) in [5.74, 6) is -0.546. The Morgan fingerprint density at radius 2 is 1.52 bits per heavy atom. The molecule has 0 heterocycles. The maximum absolute atomic E-state index is 11.8. The first kappa shape index (κ1) is 21.4. The molecule has 134 valence electrons. The predicted molar refractivity (Wildman–Crippen MR) is 86.8 cm³/mol. The summed E-state index contributed by atoms with van der Waals surface area (Å²) in [6.07, 6.45) is -0.980. The first-order chi connectivity index (χ1) is 10.6. The van der Waals surface area contributed by atoms with E-state index in [4.69, 9.17) is 9.47 Å². The second kappa shape index (κ2) is 11.0. The van der Waals surface area contributed by atoms with Gasteiger partial charge < -0.3 is 14.8 Å². The van der Waals surface area contributed by atoms with E-state index in [2.05, 4.69) is 24.5 Å². The fourth-order valence-electron chi connectivity index (χ4n) is 1.43. The van der Waals surface area contributed by atoms with Crippen molar-refractivity contribution >= 4 is 17.9 Å². The highest BCUT2D eigenvalue weighted by Gasteiger charge is 2.23. The van der Waals surface area contributed by atoms with Gasteiger partial charge in [-0.25, -0.2) is 9.59 Å². The van der Waals surface area contributed by atoms with Crippen LogP contribution < -0.4 is 10.6 Å². The molecule has 0 fully saturated rings. The third-order valence-electron chi connectivity index (χ3n) is 2.96. The number of rotatable bonds is 9. The molecule has 0 aromatic heterocycles. The largest absolute Gasteiger partial charge is 0.451 e. The Hall–Kier alpha value is -1.63. The number of urea groups is 1. The molecule has 0 radical (unpaired) electrons. The zero-order valence-corrected chi connectivity index (χ0v) is 15.0. The molecule has 0 saturated heterocycles. The van der Waals surface area contributed by atoms with E-state index in [-0.39, 0.29) is 5.92 Å². The number of carbonyl (C=O) groups excluding carboxylic acids is 3. The molecule has 0 aliphatic heterocycles. The minimum absolute atomic E-state index is 0.273. The van der Waals surface area contributed by atoms with Crippen molar-refractivity contribution in [2.75, 3.05) is 13.2 Å². The summed E-state index contributed by atoms with van der Waals surface area (Å²) in [6.45, 7) is 11.9. The second-order valence-corrected chi connectivity index (χ2v) is 6.37. The van der Waals surface area contributed by atoms with E-state index in [9.17, 15) is 14.4 Å². The summed E-state index contributed by atoms with van der Waals surface area (Å²) < 4.78 is 10.4. The van der Waals surface area contributed by atoms with Gasteiger partial charge in [0.2, 0.25) is 0 Å². The Kier molecular flexibility index (Phi) is 10.2. The Morgan fingerprint density at radius 1 is 0.913 bits per heavy atom.